The van der Waals surface area contributed by atoms with Crippen LogP contribution in [0, 0.1) is 5.92 Å². The van der Waals surface area contributed by atoms with Crippen molar-refractivity contribution in [2.75, 3.05) is 20.2 Å². The number of fused-ring (bicyclic) bond motifs is 5. The van der Waals surface area contributed by atoms with Crippen molar-refractivity contribution in [3.05, 3.63) is 92.7 Å². The Balaban J connectivity index is 1.34. The lowest BCUT2D eigenvalue weighted by Crippen LogP contribution is -2.46. The van der Waals surface area contributed by atoms with E-state index in [1.807, 2.05) is 34.9 Å². The summed E-state index contributed by atoms with van der Waals surface area (Å²) in [7, 11) is 1.60. The molecule has 4 aromatic rings. The summed E-state index contributed by atoms with van der Waals surface area (Å²) < 4.78 is 12.9. The van der Waals surface area contributed by atoms with Gasteiger partial charge in [0.15, 0.2) is 0 Å². The number of hydrogen-bond donors (Lipinski definition) is 1. The van der Waals surface area contributed by atoms with Gasteiger partial charge in [0.25, 0.3) is 5.56 Å². The van der Waals surface area contributed by atoms with E-state index in [1.165, 1.54) is 0 Å². The summed E-state index contributed by atoms with van der Waals surface area (Å²) in [6.07, 6.45) is 1.06. The third-order valence-corrected chi connectivity index (χ3v) is 7.32. The fraction of sp³-hybridized carbons (Fsp3) is 0.286. The number of hydrogen-bond acceptors (Lipinski definition) is 6. The van der Waals surface area contributed by atoms with Gasteiger partial charge in [-0.3, -0.25) is 9.69 Å². The molecule has 0 aliphatic carbocycles. The second-order valence-corrected chi connectivity index (χ2v) is 9.55. The molecule has 2 aliphatic heterocycles. The van der Waals surface area contributed by atoms with Crippen molar-refractivity contribution in [3.8, 4) is 22.6 Å². The minimum atomic E-state index is -0.446. The molecule has 0 saturated carbocycles. The van der Waals surface area contributed by atoms with Gasteiger partial charge < -0.3 is 18.8 Å². The number of benzene rings is 2. The van der Waals surface area contributed by atoms with Crippen LogP contribution >= 0.6 is 0 Å². The van der Waals surface area contributed by atoms with Crippen LogP contribution in [0.5, 0.6) is 11.5 Å². The lowest BCUT2D eigenvalue weighted by molar-refractivity contribution is 0.113. The molecule has 0 amide bonds. The Bertz CT molecular complexity index is 1540. The number of methoxy groups -OCH3 is 1. The Labute approximate surface area is 201 Å². The number of piperidine rings is 1. The third-order valence-electron chi connectivity index (χ3n) is 7.32. The highest BCUT2D eigenvalue weighted by Crippen LogP contribution is 2.37. The van der Waals surface area contributed by atoms with Gasteiger partial charge in [-0.05, 0) is 54.3 Å². The van der Waals surface area contributed by atoms with E-state index in [0.717, 1.165) is 36.2 Å². The van der Waals surface area contributed by atoms with Gasteiger partial charge in [0.1, 0.15) is 17.1 Å². The highest BCUT2D eigenvalue weighted by molar-refractivity contribution is 5.85. The number of nitrogens with zero attached hydrogens (tertiary/aromatic N) is 2. The number of ether oxygens (including phenoxy) is 1. The molecule has 2 atom stereocenters. The average Bonchev–Trinajstić information content (AvgIpc) is 2.86. The minimum absolute atomic E-state index is 0.0618. The largest absolute Gasteiger partial charge is 0.507 e. The van der Waals surface area contributed by atoms with Crippen molar-refractivity contribution in [3.63, 3.8) is 0 Å². The van der Waals surface area contributed by atoms with Gasteiger partial charge in [0, 0.05) is 49.2 Å². The zero-order chi connectivity index (χ0) is 24.1. The van der Waals surface area contributed by atoms with Crippen LogP contribution in [-0.4, -0.2) is 34.8 Å². The van der Waals surface area contributed by atoms with Crippen LogP contribution in [0.1, 0.15) is 23.6 Å². The highest BCUT2D eigenvalue weighted by atomic mass is 16.5. The molecule has 6 rings (SSSR count). The van der Waals surface area contributed by atoms with Crippen molar-refractivity contribution in [2.45, 2.75) is 25.4 Å². The zero-order valence-electron chi connectivity index (χ0n) is 19.4. The molecular weight excluding hydrogens is 444 g/mol. The number of aromatic hydroxyl groups is 1. The first-order valence-electron chi connectivity index (χ1n) is 11.9. The van der Waals surface area contributed by atoms with Gasteiger partial charge in [-0.15, -0.1) is 0 Å². The summed E-state index contributed by atoms with van der Waals surface area (Å²) in [4.78, 5) is 27.6. The van der Waals surface area contributed by atoms with Gasteiger partial charge in [-0.25, -0.2) is 4.79 Å². The smallest absolute Gasteiger partial charge is 0.344 e. The molecular formula is C28H26N2O5. The Morgan fingerprint density at radius 1 is 1.03 bits per heavy atom. The molecule has 2 bridgehead atoms. The number of phenols is 1. The number of rotatable bonds is 4. The van der Waals surface area contributed by atoms with E-state index < -0.39 is 5.63 Å². The monoisotopic (exact) mass is 470 g/mol. The standard InChI is InChI=1S/C28H26N2O5/c1-34-21-8-5-18(6-9-21)22-12-19-7-10-25(31)23(27(19)35-28(22)33)16-29-13-17-11-20(15-29)24-3-2-4-26(32)30(24)14-17/h2-10,12,17,20,31H,11,13-16H2,1H3/t17-,20-/m1/s1. The predicted octanol–water partition coefficient (Wildman–Crippen LogP) is 3.96. The molecule has 2 aromatic carbocycles. The average molecular weight is 471 g/mol. The second-order valence-electron chi connectivity index (χ2n) is 9.55. The van der Waals surface area contributed by atoms with Crippen LogP contribution in [-0.2, 0) is 13.1 Å². The molecule has 4 heterocycles. The second kappa shape index (κ2) is 8.43. The molecule has 1 saturated heterocycles. The molecule has 7 heteroatoms. The molecule has 2 aliphatic rings. The van der Waals surface area contributed by atoms with E-state index in [0.29, 0.717) is 41.5 Å². The Hall–Kier alpha value is -3.84. The highest BCUT2D eigenvalue weighted by Gasteiger charge is 2.35. The van der Waals surface area contributed by atoms with Gasteiger partial charge in [0.05, 0.1) is 18.2 Å². The fourth-order valence-corrected chi connectivity index (χ4v) is 5.70. The SMILES string of the molecule is COc1ccc(-c2cc3ccc(O)c(CN4C[C@H]5C[C@H](C4)c4cccc(=O)n4C5)c3oc2=O)cc1. The first-order valence-corrected chi connectivity index (χ1v) is 11.9. The zero-order valence-corrected chi connectivity index (χ0v) is 19.4. The van der Waals surface area contributed by atoms with Crippen LogP contribution in [0.3, 0.4) is 0 Å². The molecule has 178 valence electrons. The van der Waals surface area contributed by atoms with E-state index in [9.17, 15) is 14.7 Å². The maximum absolute atomic E-state index is 12.9. The summed E-state index contributed by atoms with van der Waals surface area (Å²) >= 11 is 0. The Morgan fingerprint density at radius 3 is 2.66 bits per heavy atom. The topological polar surface area (TPSA) is 84.9 Å². The normalized spacial score (nSPS) is 19.5. The maximum Gasteiger partial charge on any atom is 0.344 e. The van der Waals surface area contributed by atoms with E-state index in [4.69, 9.17) is 9.15 Å². The molecule has 1 fully saturated rings. The van der Waals surface area contributed by atoms with Crippen molar-refractivity contribution in [2.24, 2.45) is 5.92 Å². The van der Waals surface area contributed by atoms with Crippen LogP contribution in [0.25, 0.3) is 22.1 Å². The molecule has 1 N–H and O–H groups in total. The van der Waals surface area contributed by atoms with E-state index in [-0.39, 0.29) is 17.2 Å². The van der Waals surface area contributed by atoms with Crippen LogP contribution in [0.15, 0.2) is 74.7 Å². The number of likely N-dealkylation sites (tertiary alicyclic amines) is 1. The maximum atomic E-state index is 12.9. The molecule has 7 nitrogen and oxygen atoms in total. The lowest BCUT2D eigenvalue weighted by Gasteiger charge is -2.42. The van der Waals surface area contributed by atoms with E-state index in [2.05, 4.69) is 4.90 Å². The summed E-state index contributed by atoms with van der Waals surface area (Å²) in [5.41, 5.74) is 2.94. The van der Waals surface area contributed by atoms with E-state index in [1.54, 1.807) is 37.4 Å². The van der Waals surface area contributed by atoms with Crippen molar-refractivity contribution >= 4 is 11.0 Å². The Morgan fingerprint density at radius 2 is 1.86 bits per heavy atom. The summed E-state index contributed by atoms with van der Waals surface area (Å²) in [6.45, 7) is 2.78. The molecule has 35 heavy (non-hydrogen) atoms. The lowest BCUT2D eigenvalue weighted by atomic mass is 9.83. The summed E-state index contributed by atoms with van der Waals surface area (Å²) in [6, 6.07) is 18.0. The van der Waals surface area contributed by atoms with Crippen molar-refractivity contribution in [1.29, 1.82) is 0 Å². The number of phenolic OH excluding ortho intramolecular Hbond substituents is 1. The Kier molecular flexibility index (Phi) is 5.22. The first kappa shape index (κ1) is 21.7. The molecule has 0 unspecified atom stereocenters. The number of pyridine rings is 1. The van der Waals surface area contributed by atoms with Gasteiger partial charge in [-0.2, -0.15) is 0 Å². The quantitative estimate of drug-likeness (QED) is 0.455. The van der Waals surface area contributed by atoms with Gasteiger partial charge >= 0.3 is 5.63 Å². The van der Waals surface area contributed by atoms with Gasteiger partial charge in [-0.1, -0.05) is 18.2 Å². The first-order chi connectivity index (χ1) is 17.0. The van der Waals surface area contributed by atoms with Crippen LogP contribution in [0.4, 0.5) is 0 Å². The van der Waals surface area contributed by atoms with Gasteiger partial charge in [0.2, 0.25) is 0 Å². The molecule has 0 radical (unpaired) electrons. The predicted molar refractivity (Wildman–Crippen MR) is 133 cm³/mol. The molecule has 0 spiro atoms. The summed E-state index contributed by atoms with van der Waals surface area (Å²) in [5, 5.41) is 11.5. The van der Waals surface area contributed by atoms with Crippen LogP contribution < -0.4 is 15.9 Å². The molecule has 2 aromatic heterocycles. The fourth-order valence-electron chi connectivity index (χ4n) is 5.70. The van der Waals surface area contributed by atoms with Crippen LogP contribution in [0.2, 0.25) is 0 Å². The van der Waals surface area contributed by atoms with Crippen molar-refractivity contribution in [1.82, 2.24) is 9.47 Å². The van der Waals surface area contributed by atoms with E-state index >= 15 is 0 Å². The third kappa shape index (κ3) is 3.82. The summed E-state index contributed by atoms with van der Waals surface area (Å²) in [5.74, 6) is 1.46. The number of aromatic nitrogens is 1. The minimum Gasteiger partial charge on any atom is -0.507 e. The van der Waals surface area contributed by atoms with Crippen molar-refractivity contribution < 1.29 is 14.3 Å².